The number of ether oxygens (including phenoxy) is 1. The summed E-state index contributed by atoms with van der Waals surface area (Å²) in [5.74, 6) is -0.361. The third-order valence-corrected chi connectivity index (χ3v) is 3.92. The van der Waals surface area contributed by atoms with Crippen LogP contribution in [0.25, 0.3) is 10.4 Å². The molecule has 0 saturated heterocycles. The average molecular weight is 289 g/mol. The van der Waals surface area contributed by atoms with Crippen LogP contribution in [0.4, 0.5) is 5.69 Å². The van der Waals surface area contributed by atoms with Gasteiger partial charge in [-0.25, -0.2) is 4.79 Å². The second-order valence-electron chi connectivity index (χ2n) is 5.71. The lowest BCUT2D eigenvalue weighted by molar-refractivity contribution is 0.00764. The zero-order valence-electron chi connectivity index (χ0n) is 12.2. The van der Waals surface area contributed by atoms with E-state index in [0.29, 0.717) is 10.6 Å². The van der Waals surface area contributed by atoms with Crippen molar-refractivity contribution in [3.8, 4) is 10.4 Å². The van der Waals surface area contributed by atoms with Crippen molar-refractivity contribution in [3.63, 3.8) is 0 Å². The molecule has 0 unspecified atom stereocenters. The summed E-state index contributed by atoms with van der Waals surface area (Å²) >= 11 is 1.38. The van der Waals surface area contributed by atoms with Crippen molar-refractivity contribution in [2.24, 2.45) is 0 Å². The molecule has 0 spiro atoms. The normalized spacial score (nSPS) is 11.4. The number of hydrogen-bond donors (Lipinski definition) is 1. The van der Waals surface area contributed by atoms with Gasteiger partial charge in [0.2, 0.25) is 0 Å². The minimum atomic E-state index is -0.518. The van der Waals surface area contributed by atoms with E-state index in [9.17, 15) is 4.79 Å². The van der Waals surface area contributed by atoms with Crippen LogP contribution in [0.15, 0.2) is 30.3 Å². The van der Waals surface area contributed by atoms with E-state index in [-0.39, 0.29) is 5.97 Å². The maximum atomic E-state index is 12.1. The van der Waals surface area contributed by atoms with Gasteiger partial charge in [-0.3, -0.25) is 0 Å². The van der Waals surface area contributed by atoms with Crippen molar-refractivity contribution in [1.82, 2.24) is 0 Å². The second kappa shape index (κ2) is 5.29. The summed E-state index contributed by atoms with van der Waals surface area (Å²) in [6, 6.07) is 9.88. The smallest absolute Gasteiger partial charge is 0.350 e. The van der Waals surface area contributed by atoms with Crippen LogP contribution >= 0.6 is 11.3 Å². The maximum absolute atomic E-state index is 12.1. The Morgan fingerprint density at radius 3 is 2.50 bits per heavy atom. The molecule has 0 amide bonds. The van der Waals surface area contributed by atoms with Gasteiger partial charge < -0.3 is 10.5 Å². The highest BCUT2D eigenvalue weighted by molar-refractivity contribution is 7.18. The Balaban J connectivity index is 2.36. The fourth-order valence-electron chi connectivity index (χ4n) is 1.87. The molecule has 0 fully saturated rings. The Kier molecular flexibility index (Phi) is 3.86. The summed E-state index contributed by atoms with van der Waals surface area (Å²) in [5, 5.41) is 0. The van der Waals surface area contributed by atoms with Crippen molar-refractivity contribution in [1.29, 1.82) is 0 Å². The summed E-state index contributed by atoms with van der Waals surface area (Å²) in [7, 11) is 0. The lowest BCUT2D eigenvalue weighted by Gasteiger charge is -2.18. The van der Waals surface area contributed by atoms with Gasteiger partial charge in [-0.05, 0) is 44.9 Å². The number of thiophene rings is 1. The molecule has 0 atom stereocenters. The van der Waals surface area contributed by atoms with E-state index in [2.05, 4.69) is 0 Å². The number of nitrogens with two attached hydrogens (primary N) is 1. The number of benzene rings is 1. The van der Waals surface area contributed by atoms with E-state index < -0.39 is 5.60 Å². The van der Waals surface area contributed by atoms with Crippen molar-refractivity contribution in [3.05, 3.63) is 40.8 Å². The summed E-state index contributed by atoms with van der Waals surface area (Å²) in [6.45, 7) is 7.57. The van der Waals surface area contributed by atoms with Gasteiger partial charge in [-0.15, -0.1) is 11.3 Å². The summed E-state index contributed by atoms with van der Waals surface area (Å²) in [5.41, 5.74) is 8.17. The first kappa shape index (κ1) is 14.6. The van der Waals surface area contributed by atoms with Crippen LogP contribution in [0.1, 0.15) is 36.0 Å². The first-order valence-corrected chi connectivity index (χ1v) is 7.28. The van der Waals surface area contributed by atoms with Crippen LogP contribution in [0.5, 0.6) is 0 Å². The quantitative estimate of drug-likeness (QED) is 0.840. The highest BCUT2D eigenvalue weighted by Gasteiger charge is 2.22. The van der Waals surface area contributed by atoms with Crippen LogP contribution in [0, 0.1) is 6.92 Å². The molecule has 0 aliphatic carbocycles. The zero-order valence-corrected chi connectivity index (χ0v) is 13.0. The molecule has 0 aliphatic heterocycles. The first-order valence-electron chi connectivity index (χ1n) is 6.46. The number of carbonyl (C=O) groups excluding carboxylic acids is 1. The number of nitrogen functional groups attached to an aromatic ring is 1. The standard InChI is InChI=1S/C16H19NO2S/c1-10-7-5-6-8-11(10)13-9-12(17)14(20-13)15(18)19-16(2,3)4/h5-9H,17H2,1-4H3. The highest BCUT2D eigenvalue weighted by atomic mass is 32.1. The molecule has 0 saturated carbocycles. The number of carbonyl (C=O) groups is 1. The van der Waals surface area contributed by atoms with Crippen molar-refractivity contribution >= 4 is 23.0 Å². The first-order chi connectivity index (χ1) is 9.28. The molecular weight excluding hydrogens is 270 g/mol. The van der Waals surface area contributed by atoms with Crippen LogP contribution in [-0.4, -0.2) is 11.6 Å². The van der Waals surface area contributed by atoms with Gasteiger partial charge in [0.25, 0.3) is 0 Å². The minimum absolute atomic E-state index is 0.361. The highest BCUT2D eigenvalue weighted by Crippen LogP contribution is 2.35. The second-order valence-corrected chi connectivity index (χ2v) is 6.76. The van der Waals surface area contributed by atoms with Gasteiger partial charge >= 0.3 is 5.97 Å². The molecule has 0 radical (unpaired) electrons. The van der Waals surface area contributed by atoms with Crippen LogP contribution < -0.4 is 5.73 Å². The Morgan fingerprint density at radius 1 is 1.25 bits per heavy atom. The van der Waals surface area contributed by atoms with E-state index in [0.717, 1.165) is 16.0 Å². The third-order valence-electron chi connectivity index (χ3n) is 2.76. The molecular formula is C16H19NO2S. The summed E-state index contributed by atoms with van der Waals surface area (Å²) in [4.78, 5) is 13.6. The fourth-order valence-corrected chi connectivity index (χ4v) is 2.92. The molecule has 2 aromatic rings. The third kappa shape index (κ3) is 3.20. The molecule has 2 N–H and O–H groups in total. The molecule has 4 heteroatoms. The van der Waals surface area contributed by atoms with E-state index >= 15 is 0 Å². The Morgan fingerprint density at radius 2 is 1.90 bits per heavy atom. The van der Waals surface area contributed by atoms with E-state index in [4.69, 9.17) is 10.5 Å². The van der Waals surface area contributed by atoms with Crippen LogP contribution in [0.2, 0.25) is 0 Å². The van der Waals surface area contributed by atoms with Crippen LogP contribution in [0.3, 0.4) is 0 Å². The fraction of sp³-hybridized carbons (Fsp3) is 0.312. The van der Waals surface area contributed by atoms with Gasteiger partial charge in [0.1, 0.15) is 10.5 Å². The minimum Gasteiger partial charge on any atom is -0.456 e. The van der Waals surface area contributed by atoms with Crippen molar-refractivity contribution in [2.45, 2.75) is 33.3 Å². The maximum Gasteiger partial charge on any atom is 0.350 e. The molecule has 0 aliphatic rings. The number of aryl methyl sites for hydroxylation is 1. The van der Waals surface area contributed by atoms with Gasteiger partial charge in [0.05, 0.1) is 5.69 Å². The van der Waals surface area contributed by atoms with Gasteiger partial charge in [0.15, 0.2) is 0 Å². The molecule has 3 nitrogen and oxygen atoms in total. The van der Waals surface area contributed by atoms with E-state index in [1.54, 1.807) is 0 Å². The predicted octanol–water partition coefficient (Wildman–Crippen LogP) is 4.26. The van der Waals surface area contributed by atoms with Crippen molar-refractivity contribution < 1.29 is 9.53 Å². The Labute approximate surface area is 123 Å². The summed E-state index contributed by atoms with van der Waals surface area (Å²) < 4.78 is 5.38. The predicted molar refractivity (Wildman–Crippen MR) is 84.1 cm³/mol. The molecule has 106 valence electrons. The lowest BCUT2D eigenvalue weighted by Crippen LogP contribution is -2.23. The van der Waals surface area contributed by atoms with Crippen LogP contribution in [-0.2, 0) is 4.74 Å². The topological polar surface area (TPSA) is 52.3 Å². The SMILES string of the molecule is Cc1ccccc1-c1cc(N)c(C(=O)OC(C)(C)C)s1. The number of rotatable bonds is 2. The van der Waals surface area contributed by atoms with Gasteiger partial charge in [-0.1, -0.05) is 24.3 Å². The number of esters is 1. The van der Waals surface area contributed by atoms with Crippen molar-refractivity contribution in [2.75, 3.05) is 5.73 Å². The van der Waals surface area contributed by atoms with Gasteiger partial charge in [-0.2, -0.15) is 0 Å². The Hall–Kier alpha value is -1.81. The molecule has 1 heterocycles. The molecule has 0 bridgehead atoms. The summed E-state index contributed by atoms with van der Waals surface area (Å²) in [6.07, 6.45) is 0. The monoisotopic (exact) mass is 289 g/mol. The molecule has 2 rings (SSSR count). The number of anilines is 1. The largest absolute Gasteiger partial charge is 0.456 e. The molecule has 20 heavy (non-hydrogen) atoms. The average Bonchev–Trinajstić information content (AvgIpc) is 2.69. The van der Waals surface area contributed by atoms with Gasteiger partial charge in [0, 0.05) is 4.88 Å². The molecule has 1 aromatic heterocycles. The lowest BCUT2D eigenvalue weighted by atomic mass is 10.1. The zero-order chi connectivity index (χ0) is 14.9. The van der Waals surface area contributed by atoms with E-state index in [1.807, 2.05) is 58.0 Å². The number of hydrogen-bond acceptors (Lipinski definition) is 4. The Bertz CT molecular complexity index is 638. The van der Waals surface area contributed by atoms with E-state index in [1.165, 1.54) is 11.3 Å². The molecule has 1 aromatic carbocycles.